The van der Waals surface area contributed by atoms with Gasteiger partial charge in [0.25, 0.3) is 10.0 Å². The molecule has 1 aromatic carbocycles. The summed E-state index contributed by atoms with van der Waals surface area (Å²) in [6.07, 6.45) is 2.80. The number of hydrogen-bond donors (Lipinski definition) is 0. The summed E-state index contributed by atoms with van der Waals surface area (Å²) in [4.78, 5) is 4.34. The molecule has 0 radical (unpaired) electrons. The second-order valence-electron chi connectivity index (χ2n) is 4.48. The Labute approximate surface area is 139 Å². The minimum atomic E-state index is -3.60. The molecule has 0 aliphatic carbocycles. The van der Waals surface area contributed by atoms with Crippen molar-refractivity contribution >= 4 is 38.4 Å². The topological polar surface area (TPSA) is 61.2 Å². The lowest BCUT2D eigenvalue weighted by atomic mass is 10.2. The van der Waals surface area contributed by atoms with Crippen molar-refractivity contribution in [3.05, 3.63) is 48.0 Å². The van der Waals surface area contributed by atoms with Gasteiger partial charge in [0.2, 0.25) is 4.38 Å². The molecule has 0 spiro atoms. The number of nitrogens with zero attached hydrogens (tertiary/aromatic N) is 2. The molecule has 1 heterocycles. The average Bonchev–Trinajstić information content (AvgIpc) is 2.95. The first kappa shape index (κ1) is 17.0. The lowest BCUT2D eigenvalue weighted by Crippen LogP contribution is -2.10. The maximum atomic E-state index is 12.5. The summed E-state index contributed by atoms with van der Waals surface area (Å²) < 4.78 is 31.6. The number of thiocarbonyl (C=S) groups is 1. The normalized spacial score (nSPS) is 11.4. The smallest absolute Gasteiger partial charge is 0.268 e. The Balaban J connectivity index is 2.13. The average molecular weight is 356 g/mol. The number of ether oxygens (including phenoxy) is 1. The monoisotopic (exact) mass is 356 g/mol. The van der Waals surface area contributed by atoms with Crippen molar-refractivity contribution in [3.63, 3.8) is 0 Å². The van der Waals surface area contributed by atoms with E-state index in [-0.39, 0.29) is 4.90 Å². The molecule has 0 amide bonds. The van der Waals surface area contributed by atoms with Gasteiger partial charge < -0.3 is 4.74 Å². The van der Waals surface area contributed by atoms with Gasteiger partial charge in [0.15, 0.2) is 0 Å². The van der Waals surface area contributed by atoms with E-state index in [1.54, 1.807) is 24.3 Å². The third kappa shape index (κ3) is 4.08. The Bertz CT molecular complexity index is 752. The van der Waals surface area contributed by atoms with Crippen LogP contribution in [0.3, 0.4) is 0 Å². The zero-order valence-electron chi connectivity index (χ0n) is 12.2. The molecule has 0 bridgehead atoms. The van der Waals surface area contributed by atoms with Gasteiger partial charge in [-0.15, -0.1) is 0 Å². The van der Waals surface area contributed by atoms with Gasteiger partial charge in [0.1, 0.15) is 6.33 Å². The molecule has 8 heteroatoms. The van der Waals surface area contributed by atoms with Gasteiger partial charge in [0, 0.05) is 11.9 Å². The van der Waals surface area contributed by atoms with Gasteiger partial charge in [0.05, 0.1) is 17.2 Å². The van der Waals surface area contributed by atoms with E-state index in [1.807, 2.05) is 13.8 Å². The summed E-state index contributed by atoms with van der Waals surface area (Å²) in [6, 6.07) is 6.70. The molecule has 0 unspecified atom stereocenters. The highest BCUT2D eigenvalue weighted by atomic mass is 32.2. The molecule has 0 fully saturated rings. The van der Waals surface area contributed by atoms with Gasteiger partial charge in [-0.1, -0.05) is 29.5 Å². The van der Waals surface area contributed by atoms with Crippen molar-refractivity contribution in [2.45, 2.75) is 24.5 Å². The number of rotatable bonds is 5. The molecule has 2 rings (SSSR count). The van der Waals surface area contributed by atoms with Gasteiger partial charge in [-0.3, -0.25) is 0 Å². The van der Waals surface area contributed by atoms with Crippen LogP contribution in [0.1, 0.15) is 18.2 Å². The highest BCUT2D eigenvalue weighted by Gasteiger charge is 2.17. The van der Waals surface area contributed by atoms with Gasteiger partial charge in [-0.2, -0.15) is 0 Å². The lowest BCUT2D eigenvalue weighted by Gasteiger charge is -2.05. The van der Waals surface area contributed by atoms with Crippen LogP contribution in [0.15, 0.2) is 41.7 Å². The molecule has 5 nitrogen and oxygen atoms in total. The molecule has 2 aromatic rings. The van der Waals surface area contributed by atoms with Crippen LogP contribution in [-0.2, 0) is 20.5 Å². The molecule has 0 saturated carbocycles. The lowest BCUT2D eigenvalue weighted by molar-refractivity contribution is 0.346. The fourth-order valence-corrected chi connectivity index (χ4v) is 3.74. The predicted octanol–water partition coefficient (Wildman–Crippen LogP) is 2.98. The SMILES string of the molecule is CCOC(=S)SCc1cn(S(=O)(=O)c2ccc(C)cc2)cn1. The summed E-state index contributed by atoms with van der Waals surface area (Å²) in [6.45, 7) is 4.28. The summed E-state index contributed by atoms with van der Waals surface area (Å²) in [5.74, 6) is 0.468. The maximum absolute atomic E-state index is 12.5. The summed E-state index contributed by atoms with van der Waals surface area (Å²) in [5, 5.41) is 0. The van der Waals surface area contributed by atoms with Gasteiger partial charge in [-0.05, 0) is 38.2 Å². The number of benzene rings is 1. The molecule has 0 aliphatic rings. The number of thioether (sulfide) groups is 1. The van der Waals surface area contributed by atoms with Crippen molar-refractivity contribution in [3.8, 4) is 0 Å². The minimum Gasteiger partial charge on any atom is -0.479 e. The Morgan fingerprint density at radius 3 is 2.68 bits per heavy atom. The summed E-state index contributed by atoms with van der Waals surface area (Å²) >= 11 is 6.32. The van der Waals surface area contributed by atoms with Gasteiger partial charge >= 0.3 is 0 Å². The van der Waals surface area contributed by atoms with Crippen molar-refractivity contribution in [2.24, 2.45) is 0 Å². The zero-order chi connectivity index (χ0) is 16.2. The third-order valence-corrected chi connectivity index (χ3v) is 5.70. The summed E-state index contributed by atoms with van der Waals surface area (Å²) in [5.41, 5.74) is 1.63. The Morgan fingerprint density at radius 1 is 1.36 bits per heavy atom. The molecular formula is C14H16N2O3S3. The second-order valence-corrected chi connectivity index (χ2v) is 7.91. The van der Waals surface area contributed by atoms with E-state index in [9.17, 15) is 8.42 Å². The van der Waals surface area contributed by atoms with Crippen LogP contribution in [0.5, 0.6) is 0 Å². The highest BCUT2D eigenvalue weighted by Crippen LogP contribution is 2.17. The van der Waals surface area contributed by atoms with Crippen molar-refractivity contribution in [1.29, 1.82) is 0 Å². The van der Waals surface area contributed by atoms with E-state index >= 15 is 0 Å². The molecule has 22 heavy (non-hydrogen) atoms. The van der Waals surface area contributed by atoms with E-state index in [0.29, 0.717) is 22.4 Å². The minimum absolute atomic E-state index is 0.236. The molecule has 1 aromatic heterocycles. The molecule has 0 atom stereocenters. The van der Waals surface area contributed by atoms with E-state index < -0.39 is 10.0 Å². The van der Waals surface area contributed by atoms with E-state index in [2.05, 4.69) is 4.98 Å². The van der Waals surface area contributed by atoms with Crippen LogP contribution >= 0.6 is 24.0 Å². The predicted molar refractivity (Wildman–Crippen MR) is 91.5 cm³/mol. The number of aryl methyl sites for hydroxylation is 1. The first-order valence-electron chi connectivity index (χ1n) is 6.58. The second kappa shape index (κ2) is 7.26. The summed E-state index contributed by atoms with van der Waals surface area (Å²) in [7, 11) is -3.60. The molecule has 0 saturated heterocycles. The quantitative estimate of drug-likeness (QED) is 0.768. The van der Waals surface area contributed by atoms with Crippen LogP contribution in [0.25, 0.3) is 0 Å². The fourth-order valence-electron chi connectivity index (χ4n) is 1.67. The first-order valence-corrected chi connectivity index (χ1v) is 9.41. The van der Waals surface area contributed by atoms with Crippen LogP contribution in [0, 0.1) is 6.92 Å². The van der Waals surface area contributed by atoms with Crippen LogP contribution in [0.2, 0.25) is 0 Å². The van der Waals surface area contributed by atoms with Crippen molar-refractivity contribution < 1.29 is 13.2 Å². The third-order valence-electron chi connectivity index (χ3n) is 2.81. The number of hydrogen-bond acceptors (Lipinski definition) is 6. The van der Waals surface area contributed by atoms with Crippen molar-refractivity contribution in [1.82, 2.24) is 8.96 Å². The number of aromatic nitrogens is 2. The van der Waals surface area contributed by atoms with Crippen molar-refractivity contribution in [2.75, 3.05) is 6.61 Å². The van der Waals surface area contributed by atoms with Crippen LogP contribution < -0.4 is 0 Å². The Kier molecular flexibility index (Phi) is 5.60. The standard InChI is InChI=1S/C14H16N2O3S3/c1-3-19-14(20)21-9-12-8-16(10-15-12)22(17,18)13-6-4-11(2)5-7-13/h4-8,10H,3,9H2,1-2H3. The number of imidazole rings is 1. The molecule has 0 N–H and O–H groups in total. The fraction of sp³-hybridized carbons (Fsp3) is 0.286. The Hall–Kier alpha value is -1.38. The van der Waals surface area contributed by atoms with E-state index in [1.165, 1.54) is 24.3 Å². The largest absolute Gasteiger partial charge is 0.479 e. The van der Waals surface area contributed by atoms with E-state index in [4.69, 9.17) is 17.0 Å². The Morgan fingerprint density at radius 2 is 2.05 bits per heavy atom. The highest BCUT2D eigenvalue weighted by molar-refractivity contribution is 8.22. The van der Waals surface area contributed by atoms with Gasteiger partial charge in [-0.25, -0.2) is 17.4 Å². The molecular weight excluding hydrogens is 340 g/mol. The van der Waals surface area contributed by atoms with Crippen LogP contribution in [-0.4, -0.2) is 28.4 Å². The maximum Gasteiger partial charge on any atom is 0.268 e. The molecule has 118 valence electrons. The van der Waals surface area contributed by atoms with Crippen LogP contribution in [0.4, 0.5) is 0 Å². The molecule has 0 aliphatic heterocycles. The van der Waals surface area contributed by atoms with E-state index in [0.717, 1.165) is 9.54 Å². The first-order chi connectivity index (χ1) is 10.4. The zero-order valence-corrected chi connectivity index (χ0v) is 14.7.